The third-order valence-corrected chi connectivity index (χ3v) is 5.66. The van der Waals surface area contributed by atoms with Gasteiger partial charge in [-0.1, -0.05) is 23.8 Å². The summed E-state index contributed by atoms with van der Waals surface area (Å²) >= 11 is 0. The number of nitrogens with zero attached hydrogens (tertiary/aromatic N) is 1. The number of aromatic nitrogens is 1. The second-order valence-corrected chi connectivity index (χ2v) is 8.14. The molecule has 0 amide bonds. The molecule has 1 aliphatic carbocycles. The summed E-state index contributed by atoms with van der Waals surface area (Å²) in [5, 5.41) is 11.3. The van der Waals surface area contributed by atoms with Crippen LogP contribution in [0.25, 0.3) is 11.1 Å². The summed E-state index contributed by atoms with van der Waals surface area (Å²) in [5.41, 5.74) is 1.81. The second-order valence-electron chi connectivity index (χ2n) is 8.14. The molecule has 0 fully saturated rings. The molecule has 3 aromatic rings. The average Bonchev–Trinajstić information content (AvgIpc) is 3.28. The van der Waals surface area contributed by atoms with Gasteiger partial charge in [0.15, 0.2) is 0 Å². The van der Waals surface area contributed by atoms with Gasteiger partial charge in [0.05, 0.1) is 22.9 Å². The summed E-state index contributed by atoms with van der Waals surface area (Å²) in [4.78, 5) is 15.3. The van der Waals surface area contributed by atoms with Crippen molar-refractivity contribution in [3.8, 4) is 5.75 Å². The fourth-order valence-electron chi connectivity index (χ4n) is 4.02. The summed E-state index contributed by atoms with van der Waals surface area (Å²) in [5.74, 6) is -1.60. The molecule has 0 atom stereocenters. The molecule has 1 aromatic heterocycles. The number of pyridine rings is 1. The Labute approximate surface area is 221 Å². The number of rotatable bonds is 6. The minimum absolute atomic E-state index is 0. The Bertz CT molecular complexity index is 1270. The van der Waals surface area contributed by atoms with Gasteiger partial charge in [0, 0.05) is 5.56 Å². The first-order valence-corrected chi connectivity index (χ1v) is 10.6. The number of allylic oxidation sites excluding steroid dienone is 2. The van der Waals surface area contributed by atoms with Crippen molar-refractivity contribution in [2.75, 3.05) is 0 Å². The predicted molar refractivity (Wildman–Crippen MR) is 116 cm³/mol. The molecule has 1 heterocycles. The van der Waals surface area contributed by atoms with E-state index < -0.39 is 23.4 Å². The first-order chi connectivity index (χ1) is 16.1. The topological polar surface area (TPSA) is 62.2 Å². The third kappa shape index (κ3) is 6.31. The van der Waals surface area contributed by atoms with Crippen molar-refractivity contribution in [2.24, 2.45) is 0 Å². The average molecular weight is 493 g/mol. The Balaban J connectivity index is 0.00000342. The van der Waals surface area contributed by atoms with E-state index >= 15 is 0 Å². The quantitative estimate of drug-likeness (QED) is 0.391. The normalized spacial score (nSPS) is 13.5. The van der Waals surface area contributed by atoms with Crippen LogP contribution in [0.4, 0.5) is 17.6 Å². The Morgan fingerprint density at radius 1 is 1.03 bits per heavy atom. The van der Waals surface area contributed by atoms with E-state index in [2.05, 4.69) is 4.98 Å². The van der Waals surface area contributed by atoms with E-state index in [9.17, 15) is 27.5 Å². The van der Waals surface area contributed by atoms with Crippen LogP contribution in [0.3, 0.4) is 0 Å². The Hall–Kier alpha value is -2.68. The number of benzene rings is 2. The maximum absolute atomic E-state index is 13.4. The Morgan fingerprint density at radius 3 is 2.37 bits per heavy atom. The summed E-state index contributed by atoms with van der Waals surface area (Å²) in [7, 11) is 0. The number of ether oxygens (including phenoxy) is 1. The number of halogens is 4. The van der Waals surface area contributed by atoms with Crippen molar-refractivity contribution in [2.45, 2.75) is 39.0 Å². The molecule has 35 heavy (non-hydrogen) atoms. The number of hydrogen-bond donors (Lipinski definition) is 0. The number of carbonyl (C=O) groups is 1. The van der Waals surface area contributed by atoms with E-state index in [0.717, 1.165) is 22.8 Å². The molecule has 0 unspecified atom stereocenters. The van der Waals surface area contributed by atoms with Crippen LogP contribution in [0.1, 0.15) is 57.7 Å². The van der Waals surface area contributed by atoms with Crippen LogP contribution in [0.2, 0.25) is 0 Å². The number of hydrogen-bond acceptors (Lipinski definition) is 4. The van der Waals surface area contributed by atoms with Crippen LogP contribution in [0.5, 0.6) is 5.75 Å². The van der Waals surface area contributed by atoms with E-state index in [0.29, 0.717) is 42.2 Å². The number of aryl methyl sites for hydroxylation is 1. The zero-order chi connectivity index (χ0) is 24.5. The summed E-state index contributed by atoms with van der Waals surface area (Å²) in [6.07, 6.45) is -3.03. The van der Waals surface area contributed by atoms with Gasteiger partial charge in [-0.05, 0) is 79.3 Å². The zero-order valence-corrected chi connectivity index (χ0v) is 21.2. The van der Waals surface area contributed by atoms with E-state index in [1.807, 2.05) is 19.1 Å². The van der Waals surface area contributed by atoms with Crippen LogP contribution >= 0.6 is 0 Å². The molecule has 0 radical (unpaired) electrons. The van der Waals surface area contributed by atoms with E-state index in [-0.39, 0.29) is 47.7 Å². The van der Waals surface area contributed by atoms with Crippen LogP contribution in [0.15, 0.2) is 54.6 Å². The number of carboxylic acid groups (broad SMARTS) is 1. The van der Waals surface area contributed by atoms with Gasteiger partial charge >= 0.3 is 35.7 Å². The fourth-order valence-corrected chi connectivity index (χ4v) is 4.02. The summed E-state index contributed by atoms with van der Waals surface area (Å²) in [6, 6.07) is 12.8. The molecular formula is C26H20F4NNaO3. The fraction of sp³-hybridized carbons (Fsp3) is 0.231. The molecule has 0 N–H and O–H groups in total. The van der Waals surface area contributed by atoms with Crippen molar-refractivity contribution in [3.63, 3.8) is 0 Å². The van der Waals surface area contributed by atoms with Gasteiger partial charge in [-0.3, -0.25) is 0 Å². The second kappa shape index (κ2) is 10.9. The third-order valence-electron chi connectivity index (χ3n) is 5.66. The van der Waals surface area contributed by atoms with Crippen LogP contribution in [-0.2, 0) is 12.8 Å². The van der Waals surface area contributed by atoms with Crippen LogP contribution < -0.4 is 39.4 Å². The predicted octanol–water partition coefficient (Wildman–Crippen LogP) is 2.59. The van der Waals surface area contributed by atoms with E-state index in [4.69, 9.17) is 4.74 Å². The van der Waals surface area contributed by atoms with Crippen molar-refractivity contribution < 1.29 is 61.8 Å². The minimum Gasteiger partial charge on any atom is -0.543 e. The maximum Gasteiger partial charge on any atom is 1.00 e. The smallest absolute Gasteiger partial charge is 0.543 e. The van der Waals surface area contributed by atoms with E-state index in [1.165, 1.54) is 12.1 Å². The van der Waals surface area contributed by atoms with E-state index in [1.54, 1.807) is 18.2 Å². The molecule has 9 heteroatoms. The van der Waals surface area contributed by atoms with Crippen molar-refractivity contribution in [1.29, 1.82) is 0 Å². The summed E-state index contributed by atoms with van der Waals surface area (Å²) in [6.45, 7) is 2.06. The molecular weight excluding hydrogens is 473 g/mol. The molecule has 4 nitrogen and oxygen atoms in total. The van der Waals surface area contributed by atoms with Crippen LogP contribution in [0, 0.1) is 12.7 Å². The van der Waals surface area contributed by atoms with Crippen molar-refractivity contribution in [3.05, 3.63) is 94.1 Å². The molecule has 176 valence electrons. The molecule has 0 aliphatic heterocycles. The van der Waals surface area contributed by atoms with Gasteiger partial charge in [-0.2, -0.15) is 13.2 Å². The SMILES string of the molecule is Cc1ccc(OCc2ccc(F)cc2)c(C2=C(c3cc(C(F)(F)F)cc(C(=O)[O-])n3)CCC2)c1.[Na+]. The van der Waals surface area contributed by atoms with Gasteiger partial charge in [0.2, 0.25) is 0 Å². The monoisotopic (exact) mass is 493 g/mol. The first kappa shape index (κ1) is 26.9. The number of carbonyl (C=O) groups excluding carboxylic acids is 1. The standard InChI is InChI=1S/C26H21F4NO3.Na/c1-15-5-10-24(34-14-16-6-8-18(27)9-7-16)21(11-15)19-3-2-4-20(19)22-12-17(26(28,29)30)13-23(31-22)25(32)33;/h5-13H,2-4,14H2,1H3,(H,32,33);/q;+1/p-1. The molecule has 2 aromatic carbocycles. The molecule has 4 rings (SSSR count). The van der Waals surface area contributed by atoms with Gasteiger partial charge in [0.25, 0.3) is 0 Å². The number of alkyl halides is 3. The van der Waals surface area contributed by atoms with Crippen LogP contribution in [-0.4, -0.2) is 11.0 Å². The van der Waals surface area contributed by atoms with Crippen molar-refractivity contribution in [1.82, 2.24) is 4.98 Å². The molecule has 0 bridgehead atoms. The van der Waals surface area contributed by atoms with Gasteiger partial charge in [-0.15, -0.1) is 0 Å². The Morgan fingerprint density at radius 2 is 1.71 bits per heavy atom. The molecule has 0 saturated carbocycles. The first-order valence-electron chi connectivity index (χ1n) is 10.6. The molecule has 1 aliphatic rings. The number of carboxylic acids is 1. The molecule has 0 saturated heterocycles. The summed E-state index contributed by atoms with van der Waals surface area (Å²) < 4.78 is 59.4. The number of aromatic carboxylic acids is 1. The minimum atomic E-state index is -4.73. The van der Waals surface area contributed by atoms with Crippen molar-refractivity contribution >= 4 is 17.1 Å². The Kier molecular flexibility index (Phi) is 8.41. The van der Waals surface area contributed by atoms with Gasteiger partial charge in [0.1, 0.15) is 18.2 Å². The largest absolute Gasteiger partial charge is 1.00 e. The maximum atomic E-state index is 13.4. The van der Waals surface area contributed by atoms with Gasteiger partial charge in [-0.25, -0.2) is 9.37 Å². The molecule has 0 spiro atoms. The van der Waals surface area contributed by atoms with Gasteiger partial charge < -0.3 is 14.6 Å². The zero-order valence-electron chi connectivity index (χ0n) is 19.2.